The first kappa shape index (κ1) is 15.7. The van der Waals surface area contributed by atoms with Crippen LogP contribution in [0.5, 0.6) is 0 Å². The van der Waals surface area contributed by atoms with Crippen molar-refractivity contribution < 1.29 is 17.7 Å². The highest BCUT2D eigenvalue weighted by Gasteiger charge is 2.23. The lowest BCUT2D eigenvalue weighted by molar-refractivity contribution is -0.131. The van der Waals surface area contributed by atoms with Crippen molar-refractivity contribution in [2.45, 2.75) is 31.2 Å². The topological polar surface area (TPSA) is 106 Å². The Balaban J connectivity index is 1.77. The number of sulfonamides is 1. The molecule has 0 atom stereocenters. The molecule has 0 fully saturated rings. The second-order valence-corrected chi connectivity index (χ2v) is 7.21. The lowest BCUT2D eigenvalue weighted by Crippen LogP contribution is -2.37. The predicted octanol–water partition coefficient (Wildman–Crippen LogP) is 0.758. The highest BCUT2D eigenvalue weighted by atomic mass is 32.2. The molecule has 23 heavy (non-hydrogen) atoms. The Hall–Kier alpha value is -2.19. The number of hydrogen-bond acceptors (Lipinski definition) is 5. The van der Waals surface area contributed by atoms with Crippen molar-refractivity contribution >= 4 is 15.9 Å². The van der Waals surface area contributed by atoms with Crippen LogP contribution >= 0.6 is 0 Å². The van der Waals surface area contributed by atoms with Gasteiger partial charge in [0.25, 0.3) is 0 Å². The summed E-state index contributed by atoms with van der Waals surface area (Å²) in [4.78, 5) is 14.1. The van der Waals surface area contributed by atoms with E-state index >= 15 is 0 Å². The number of carbonyl (C=O) groups is 1. The van der Waals surface area contributed by atoms with E-state index in [4.69, 9.17) is 9.66 Å². The van der Waals surface area contributed by atoms with Gasteiger partial charge in [-0.25, -0.2) is 13.6 Å². The van der Waals surface area contributed by atoms with Crippen LogP contribution in [0.25, 0.3) is 0 Å². The Morgan fingerprint density at radius 3 is 2.78 bits per heavy atom. The molecule has 0 radical (unpaired) electrons. The van der Waals surface area contributed by atoms with Gasteiger partial charge in [-0.1, -0.05) is 11.2 Å². The van der Waals surface area contributed by atoms with E-state index in [0.717, 1.165) is 11.1 Å². The number of carbonyl (C=O) groups excluding carboxylic acids is 1. The van der Waals surface area contributed by atoms with Crippen LogP contribution in [0.2, 0.25) is 0 Å². The van der Waals surface area contributed by atoms with Gasteiger partial charge in [0.15, 0.2) is 0 Å². The Labute approximate surface area is 134 Å². The molecule has 0 saturated carbocycles. The molecule has 0 spiro atoms. The first-order valence-electron chi connectivity index (χ1n) is 7.17. The van der Waals surface area contributed by atoms with Crippen LogP contribution in [0.15, 0.2) is 33.7 Å². The highest BCUT2D eigenvalue weighted by molar-refractivity contribution is 7.89. The van der Waals surface area contributed by atoms with Gasteiger partial charge in [-0.3, -0.25) is 4.79 Å². The van der Waals surface area contributed by atoms with Crippen molar-refractivity contribution in [1.82, 2.24) is 10.1 Å². The van der Waals surface area contributed by atoms with Crippen LogP contribution < -0.4 is 5.14 Å². The van der Waals surface area contributed by atoms with Crippen LogP contribution in [0.4, 0.5) is 0 Å². The number of rotatable bonds is 3. The van der Waals surface area contributed by atoms with Gasteiger partial charge in [0.1, 0.15) is 5.76 Å². The number of amides is 1. The molecule has 1 aromatic carbocycles. The van der Waals surface area contributed by atoms with E-state index in [-0.39, 0.29) is 17.2 Å². The number of aromatic nitrogens is 1. The first-order valence-corrected chi connectivity index (χ1v) is 8.72. The fourth-order valence-corrected chi connectivity index (χ4v) is 3.26. The van der Waals surface area contributed by atoms with Gasteiger partial charge in [0, 0.05) is 19.2 Å². The SMILES string of the molecule is Cc1cc(CC(=O)N2CCc3ccc(S(N)(=O)=O)cc3C2)no1. The number of hydrogen-bond donors (Lipinski definition) is 1. The van der Waals surface area contributed by atoms with Gasteiger partial charge >= 0.3 is 0 Å². The highest BCUT2D eigenvalue weighted by Crippen LogP contribution is 2.22. The summed E-state index contributed by atoms with van der Waals surface area (Å²) in [5.74, 6) is 0.597. The standard InChI is InChI=1S/C15H17N3O4S/c1-10-6-13(17-22-10)8-15(19)18-5-4-11-2-3-14(23(16,20)21)7-12(11)9-18/h2-3,6-7H,4-5,8-9H2,1H3,(H2,16,20,21). The van der Waals surface area contributed by atoms with Crippen LogP contribution in [-0.2, 0) is 34.2 Å². The quantitative estimate of drug-likeness (QED) is 0.891. The average Bonchev–Trinajstić information content (AvgIpc) is 2.90. The minimum absolute atomic E-state index is 0.0649. The monoisotopic (exact) mass is 335 g/mol. The Morgan fingerprint density at radius 1 is 1.35 bits per heavy atom. The van der Waals surface area contributed by atoms with Crippen LogP contribution in [0.1, 0.15) is 22.6 Å². The molecule has 1 aromatic heterocycles. The van der Waals surface area contributed by atoms with Gasteiger partial charge in [-0.15, -0.1) is 0 Å². The van der Waals surface area contributed by atoms with Crippen LogP contribution in [0.3, 0.4) is 0 Å². The molecule has 1 aliphatic heterocycles. The second kappa shape index (κ2) is 5.78. The van der Waals surface area contributed by atoms with Crippen LogP contribution in [-0.4, -0.2) is 30.9 Å². The summed E-state index contributed by atoms with van der Waals surface area (Å²) < 4.78 is 27.9. The Morgan fingerprint density at radius 2 is 2.13 bits per heavy atom. The van der Waals surface area contributed by atoms with Crippen molar-refractivity contribution in [2.24, 2.45) is 5.14 Å². The van der Waals surface area contributed by atoms with Gasteiger partial charge in [-0.2, -0.15) is 0 Å². The van der Waals surface area contributed by atoms with E-state index in [1.807, 2.05) is 0 Å². The third kappa shape index (κ3) is 3.43. The summed E-state index contributed by atoms with van der Waals surface area (Å²) in [6.45, 7) is 2.73. The Kier molecular flexibility index (Phi) is 3.95. The normalized spacial score (nSPS) is 14.6. The van der Waals surface area contributed by atoms with Crippen molar-refractivity contribution in [2.75, 3.05) is 6.54 Å². The summed E-state index contributed by atoms with van der Waals surface area (Å²) >= 11 is 0. The van der Waals surface area contributed by atoms with Crippen molar-refractivity contribution in [3.05, 3.63) is 46.8 Å². The molecule has 0 aliphatic carbocycles. The molecule has 0 saturated heterocycles. The number of benzene rings is 1. The largest absolute Gasteiger partial charge is 0.361 e. The molecular weight excluding hydrogens is 318 g/mol. The molecule has 2 heterocycles. The molecule has 1 aliphatic rings. The Bertz CT molecular complexity index is 857. The number of fused-ring (bicyclic) bond motifs is 1. The summed E-state index contributed by atoms with van der Waals surface area (Å²) in [6.07, 6.45) is 0.853. The molecule has 2 aromatic rings. The third-order valence-electron chi connectivity index (χ3n) is 3.88. The fourth-order valence-electron chi connectivity index (χ4n) is 2.69. The zero-order valence-electron chi connectivity index (χ0n) is 12.7. The van der Waals surface area contributed by atoms with Crippen molar-refractivity contribution in [1.29, 1.82) is 0 Å². The van der Waals surface area contributed by atoms with E-state index < -0.39 is 10.0 Å². The number of primary sulfonamides is 1. The smallest absolute Gasteiger partial charge is 0.238 e. The van der Waals surface area contributed by atoms with E-state index in [1.165, 1.54) is 6.07 Å². The number of nitrogens with zero attached hydrogens (tertiary/aromatic N) is 2. The lowest BCUT2D eigenvalue weighted by Gasteiger charge is -2.29. The van der Waals surface area contributed by atoms with E-state index in [1.54, 1.807) is 30.0 Å². The maximum absolute atomic E-state index is 12.4. The van der Waals surface area contributed by atoms with Crippen LogP contribution in [0, 0.1) is 6.92 Å². The summed E-state index contributed by atoms with van der Waals surface area (Å²) in [7, 11) is -3.75. The zero-order chi connectivity index (χ0) is 16.6. The summed E-state index contributed by atoms with van der Waals surface area (Å²) in [5, 5.41) is 8.98. The maximum Gasteiger partial charge on any atom is 0.238 e. The van der Waals surface area contributed by atoms with Crippen molar-refractivity contribution in [3.8, 4) is 0 Å². The molecule has 122 valence electrons. The number of aryl methyl sites for hydroxylation is 1. The third-order valence-corrected chi connectivity index (χ3v) is 4.79. The molecule has 0 bridgehead atoms. The van der Waals surface area contributed by atoms with Gasteiger partial charge in [-0.05, 0) is 36.6 Å². The van der Waals surface area contributed by atoms with E-state index in [0.29, 0.717) is 31.0 Å². The zero-order valence-corrected chi connectivity index (χ0v) is 13.5. The van der Waals surface area contributed by atoms with E-state index in [2.05, 4.69) is 5.16 Å². The van der Waals surface area contributed by atoms with Crippen molar-refractivity contribution in [3.63, 3.8) is 0 Å². The fraction of sp³-hybridized carbons (Fsp3) is 0.333. The minimum Gasteiger partial charge on any atom is -0.361 e. The molecule has 3 rings (SSSR count). The average molecular weight is 335 g/mol. The molecule has 8 heteroatoms. The van der Waals surface area contributed by atoms with E-state index in [9.17, 15) is 13.2 Å². The molecule has 7 nitrogen and oxygen atoms in total. The van der Waals surface area contributed by atoms with Gasteiger partial charge < -0.3 is 9.42 Å². The molecule has 1 amide bonds. The maximum atomic E-state index is 12.4. The van der Waals surface area contributed by atoms with Gasteiger partial charge in [0.2, 0.25) is 15.9 Å². The minimum atomic E-state index is -3.75. The lowest BCUT2D eigenvalue weighted by atomic mass is 9.99. The summed E-state index contributed by atoms with van der Waals surface area (Å²) in [6, 6.07) is 6.54. The van der Waals surface area contributed by atoms with Gasteiger partial charge in [0.05, 0.1) is 17.0 Å². The molecule has 2 N–H and O–H groups in total. The second-order valence-electron chi connectivity index (χ2n) is 5.65. The summed E-state index contributed by atoms with van der Waals surface area (Å²) in [5.41, 5.74) is 2.45. The molecule has 0 unspecified atom stereocenters. The molecular formula is C15H17N3O4S. The number of nitrogens with two attached hydrogens (primary N) is 1. The first-order chi connectivity index (χ1) is 10.8. The predicted molar refractivity (Wildman–Crippen MR) is 81.9 cm³/mol.